The first-order valence-electron chi connectivity index (χ1n) is 4.82. The molecule has 14 heavy (non-hydrogen) atoms. The molecule has 0 fully saturated rings. The van der Waals surface area contributed by atoms with Crippen molar-refractivity contribution in [3.63, 3.8) is 0 Å². The normalized spacial score (nSPS) is 12.6. The summed E-state index contributed by atoms with van der Waals surface area (Å²) < 4.78 is 0. The van der Waals surface area contributed by atoms with Crippen LogP contribution in [0.15, 0.2) is 18.2 Å². The van der Waals surface area contributed by atoms with Crippen LogP contribution in [0.3, 0.4) is 0 Å². The van der Waals surface area contributed by atoms with Crippen molar-refractivity contribution in [2.75, 3.05) is 17.7 Å². The van der Waals surface area contributed by atoms with Crippen molar-refractivity contribution in [1.29, 1.82) is 0 Å². The van der Waals surface area contributed by atoms with E-state index in [0.717, 1.165) is 24.9 Å². The lowest BCUT2D eigenvalue weighted by Crippen LogP contribution is -1.90. The summed E-state index contributed by atoms with van der Waals surface area (Å²) in [4.78, 5) is 0. The lowest BCUT2D eigenvalue weighted by Gasteiger charge is -1.98. The van der Waals surface area contributed by atoms with Crippen LogP contribution >= 0.6 is 11.6 Å². The van der Waals surface area contributed by atoms with Crippen LogP contribution in [0.5, 0.6) is 0 Å². The fourth-order valence-corrected chi connectivity index (χ4v) is 1.69. The maximum atomic E-state index is 5.55. The summed E-state index contributed by atoms with van der Waals surface area (Å²) in [5, 5.41) is 3.33. The molecule has 1 aromatic rings. The third kappa shape index (κ3) is 2.02. The van der Waals surface area contributed by atoms with Gasteiger partial charge in [-0.3, -0.25) is 0 Å². The zero-order valence-electron chi connectivity index (χ0n) is 7.94. The molecule has 72 valence electrons. The van der Waals surface area contributed by atoms with Crippen LogP contribution in [0.4, 0.5) is 5.69 Å². The SMILES string of the molecule is ClCCC#Cc1ccc2c(c1)CCN2. The summed E-state index contributed by atoms with van der Waals surface area (Å²) >= 11 is 5.55. The molecule has 0 aromatic heterocycles. The molecule has 1 nitrogen and oxygen atoms in total. The lowest BCUT2D eigenvalue weighted by atomic mass is 10.1. The highest BCUT2D eigenvalue weighted by atomic mass is 35.5. The van der Waals surface area contributed by atoms with E-state index in [1.807, 2.05) is 0 Å². The zero-order chi connectivity index (χ0) is 9.80. The number of hydrogen-bond acceptors (Lipinski definition) is 1. The van der Waals surface area contributed by atoms with E-state index in [1.165, 1.54) is 11.3 Å². The van der Waals surface area contributed by atoms with Gasteiger partial charge in [0.05, 0.1) is 0 Å². The molecule has 1 aliphatic heterocycles. The summed E-state index contributed by atoms with van der Waals surface area (Å²) in [5.41, 5.74) is 3.73. The van der Waals surface area contributed by atoms with Crippen molar-refractivity contribution in [2.24, 2.45) is 0 Å². The van der Waals surface area contributed by atoms with Gasteiger partial charge in [0.1, 0.15) is 0 Å². The highest BCUT2D eigenvalue weighted by Gasteiger charge is 2.08. The number of halogens is 1. The minimum absolute atomic E-state index is 0.611. The van der Waals surface area contributed by atoms with Gasteiger partial charge in [-0.1, -0.05) is 11.8 Å². The van der Waals surface area contributed by atoms with E-state index in [0.29, 0.717) is 5.88 Å². The van der Waals surface area contributed by atoms with Crippen LogP contribution < -0.4 is 5.32 Å². The monoisotopic (exact) mass is 205 g/mol. The molecule has 0 aliphatic carbocycles. The van der Waals surface area contributed by atoms with Gasteiger partial charge in [0.15, 0.2) is 0 Å². The topological polar surface area (TPSA) is 12.0 Å². The number of rotatable bonds is 1. The molecule has 0 unspecified atom stereocenters. The first-order chi connectivity index (χ1) is 6.90. The Labute approximate surface area is 89.5 Å². The summed E-state index contributed by atoms with van der Waals surface area (Å²) in [6.45, 7) is 1.05. The van der Waals surface area contributed by atoms with Crippen molar-refractivity contribution in [1.82, 2.24) is 0 Å². The molecule has 0 radical (unpaired) electrons. The number of fused-ring (bicyclic) bond motifs is 1. The molecule has 1 heterocycles. The maximum Gasteiger partial charge on any atom is 0.0374 e. The van der Waals surface area contributed by atoms with Gasteiger partial charge < -0.3 is 5.32 Å². The minimum Gasteiger partial charge on any atom is -0.384 e. The van der Waals surface area contributed by atoms with Crippen molar-refractivity contribution in [2.45, 2.75) is 12.8 Å². The molecule has 1 aromatic carbocycles. The quantitative estimate of drug-likeness (QED) is 0.549. The number of hydrogen-bond donors (Lipinski definition) is 1. The average molecular weight is 206 g/mol. The van der Waals surface area contributed by atoms with Crippen LogP contribution in [-0.2, 0) is 6.42 Å². The van der Waals surface area contributed by atoms with Gasteiger partial charge in [0, 0.05) is 30.1 Å². The Kier molecular flexibility index (Phi) is 2.96. The van der Waals surface area contributed by atoms with Gasteiger partial charge in [-0.25, -0.2) is 0 Å². The Bertz CT molecular complexity index is 387. The van der Waals surface area contributed by atoms with Gasteiger partial charge in [-0.15, -0.1) is 11.6 Å². The number of nitrogens with one attached hydrogen (secondary N) is 1. The zero-order valence-corrected chi connectivity index (χ0v) is 8.69. The van der Waals surface area contributed by atoms with E-state index in [9.17, 15) is 0 Å². The van der Waals surface area contributed by atoms with Crippen molar-refractivity contribution in [3.05, 3.63) is 29.3 Å². The maximum absolute atomic E-state index is 5.55. The van der Waals surface area contributed by atoms with Crippen LogP contribution in [0, 0.1) is 11.8 Å². The molecule has 2 heteroatoms. The summed E-state index contributed by atoms with van der Waals surface area (Å²) in [7, 11) is 0. The molecular weight excluding hydrogens is 194 g/mol. The van der Waals surface area contributed by atoms with Crippen molar-refractivity contribution < 1.29 is 0 Å². The summed E-state index contributed by atoms with van der Waals surface area (Å²) in [6, 6.07) is 6.32. The summed E-state index contributed by atoms with van der Waals surface area (Å²) in [5.74, 6) is 6.76. The number of anilines is 1. The van der Waals surface area contributed by atoms with Gasteiger partial charge in [-0.05, 0) is 30.2 Å². The van der Waals surface area contributed by atoms with Crippen LogP contribution in [0.25, 0.3) is 0 Å². The molecule has 0 bridgehead atoms. The van der Waals surface area contributed by atoms with Gasteiger partial charge in [0.25, 0.3) is 0 Å². The molecule has 1 aliphatic rings. The van der Waals surface area contributed by atoms with Crippen molar-refractivity contribution >= 4 is 17.3 Å². The fourth-order valence-electron chi connectivity index (χ4n) is 1.59. The van der Waals surface area contributed by atoms with E-state index >= 15 is 0 Å². The Balaban J connectivity index is 2.18. The van der Waals surface area contributed by atoms with E-state index in [-0.39, 0.29) is 0 Å². The third-order valence-electron chi connectivity index (χ3n) is 2.27. The Morgan fingerprint density at radius 1 is 1.43 bits per heavy atom. The predicted molar refractivity (Wildman–Crippen MR) is 60.9 cm³/mol. The standard InChI is InChI=1S/C12H12ClN/c13-7-2-1-3-10-4-5-12-11(9-10)6-8-14-12/h4-5,9,14H,2,6-8H2. The largest absolute Gasteiger partial charge is 0.384 e. The average Bonchev–Trinajstić information content (AvgIpc) is 2.65. The first kappa shape index (κ1) is 9.43. The fraction of sp³-hybridized carbons (Fsp3) is 0.333. The molecule has 1 N–H and O–H groups in total. The van der Waals surface area contributed by atoms with Gasteiger partial charge >= 0.3 is 0 Å². The van der Waals surface area contributed by atoms with Gasteiger partial charge in [-0.2, -0.15) is 0 Å². The predicted octanol–water partition coefficient (Wildman–Crippen LogP) is 2.64. The molecular formula is C12H12ClN. The minimum atomic E-state index is 0.611. The Hall–Kier alpha value is -1.13. The third-order valence-corrected chi connectivity index (χ3v) is 2.46. The van der Waals surface area contributed by atoms with Crippen molar-refractivity contribution in [3.8, 4) is 11.8 Å². The van der Waals surface area contributed by atoms with E-state index in [1.54, 1.807) is 0 Å². The smallest absolute Gasteiger partial charge is 0.0374 e. The highest BCUT2D eigenvalue weighted by molar-refractivity contribution is 6.18. The number of benzene rings is 1. The molecule has 0 amide bonds. The van der Waals surface area contributed by atoms with E-state index in [2.05, 4.69) is 35.4 Å². The Morgan fingerprint density at radius 2 is 2.36 bits per heavy atom. The Morgan fingerprint density at radius 3 is 3.21 bits per heavy atom. The van der Waals surface area contributed by atoms with Gasteiger partial charge in [0.2, 0.25) is 0 Å². The molecule has 0 spiro atoms. The second-order valence-corrected chi connectivity index (χ2v) is 3.67. The molecule has 2 rings (SSSR count). The van der Waals surface area contributed by atoms with Crippen LogP contribution in [0.1, 0.15) is 17.5 Å². The van der Waals surface area contributed by atoms with Crippen LogP contribution in [-0.4, -0.2) is 12.4 Å². The number of alkyl halides is 1. The second kappa shape index (κ2) is 4.39. The molecule has 0 saturated carbocycles. The highest BCUT2D eigenvalue weighted by Crippen LogP contribution is 2.22. The lowest BCUT2D eigenvalue weighted by molar-refractivity contribution is 1.11. The molecule has 0 saturated heterocycles. The van der Waals surface area contributed by atoms with Crippen LogP contribution in [0.2, 0.25) is 0 Å². The molecule has 0 atom stereocenters. The van der Waals surface area contributed by atoms with E-state index < -0.39 is 0 Å². The van der Waals surface area contributed by atoms with E-state index in [4.69, 9.17) is 11.6 Å². The summed E-state index contributed by atoms with van der Waals surface area (Å²) in [6.07, 6.45) is 1.87. The first-order valence-corrected chi connectivity index (χ1v) is 5.35. The second-order valence-electron chi connectivity index (χ2n) is 3.29.